The number of carboxylic acids is 1. The molecule has 0 aliphatic carbocycles. The third-order valence-electron chi connectivity index (χ3n) is 2.64. The third-order valence-corrected chi connectivity index (χ3v) is 3.81. The Labute approximate surface area is 108 Å². The van der Waals surface area contributed by atoms with Crippen LogP contribution in [0, 0.1) is 11.3 Å². The Balaban J connectivity index is 2.21. The number of amides is 1. The maximum Gasteiger partial charge on any atom is 0.318 e. The second kappa shape index (κ2) is 5.10. The lowest BCUT2D eigenvalue weighted by Gasteiger charge is -2.30. The molecule has 0 aromatic heterocycles. The van der Waals surface area contributed by atoms with E-state index in [0.29, 0.717) is 11.3 Å². The second-order valence-electron chi connectivity index (χ2n) is 3.80. The zero-order valence-corrected chi connectivity index (χ0v) is 10.2. The Hall–Kier alpha value is -2.00. The molecule has 1 aliphatic rings. The normalized spacial score (nSPS) is 19.4. The van der Waals surface area contributed by atoms with Gasteiger partial charge in [-0.05, 0) is 24.3 Å². The molecule has 1 aromatic rings. The Bertz CT molecular complexity index is 521. The highest BCUT2D eigenvalue weighted by atomic mass is 32.2. The molecule has 5 nitrogen and oxygen atoms in total. The molecule has 0 bridgehead atoms. The van der Waals surface area contributed by atoms with Crippen molar-refractivity contribution in [3.05, 3.63) is 29.8 Å². The maximum absolute atomic E-state index is 11.8. The molecule has 1 aliphatic heterocycles. The summed E-state index contributed by atoms with van der Waals surface area (Å²) in [4.78, 5) is 24.2. The molecular formula is C12H10N2O3S. The SMILES string of the molecule is N#Cc1ccc(N2CC(C(=O)O)SCC2=O)cc1. The lowest BCUT2D eigenvalue weighted by Crippen LogP contribution is -2.45. The van der Waals surface area contributed by atoms with Gasteiger partial charge in [0.25, 0.3) is 0 Å². The summed E-state index contributed by atoms with van der Waals surface area (Å²) in [6.45, 7) is 0.157. The summed E-state index contributed by atoms with van der Waals surface area (Å²) in [6, 6.07) is 8.53. The number of aliphatic carboxylic acids is 1. The highest BCUT2D eigenvalue weighted by molar-refractivity contribution is 8.01. The quantitative estimate of drug-likeness (QED) is 0.862. The number of nitrogens with zero attached hydrogens (tertiary/aromatic N) is 2. The molecule has 1 saturated heterocycles. The van der Waals surface area contributed by atoms with E-state index < -0.39 is 11.2 Å². The first-order valence-electron chi connectivity index (χ1n) is 5.27. The van der Waals surface area contributed by atoms with Crippen molar-refractivity contribution in [2.75, 3.05) is 17.2 Å². The van der Waals surface area contributed by atoms with Crippen molar-refractivity contribution < 1.29 is 14.7 Å². The monoisotopic (exact) mass is 262 g/mol. The lowest BCUT2D eigenvalue weighted by molar-refractivity contribution is -0.136. The van der Waals surface area contributed by atoms with Crippen molar-refractivity contribution in [3.63, 3.8) is 0 Å². The van der Waals surface area contributed by atoms with Crippen molar-refractivity contribution in [2.45, 2.75) is 5.25 Å². The van der Waals surface area contributed by atoms with Crippen LogP contribution in [0.15, 0.2) is 24.3 Å². The van der Waals surface area contributed by atoms with Gasteiger partial charge in [-0.2, -0.15) is 5.26 Å². The maximum atomic E-state index is 11.8. The molecule has 92 valence electrons. The summed E-state index contributed by atoms with van der Waals surface area (Å²) in [5, 5.41) is 17.1. The van der Waals surface area contributed by atoms with Gasteiger partial charge in [0.2, 0.25) is 5.91 Å². The summed E-state index contributed by atoms with van der Waals surface area (Å²) >= 11 is 1.14. The van der Waals surface area contributed by atoms with E-state index in [1.165, 1.54) is 4.90 Å². The van der Waals surface area contributed by atoms with E-state index in [9.17, 15) is 9.59 Å². The van der Waals surface area contributed by atoms with E-state index in [4.69, 9.17) is 10.4 Å². The second-order valence-corrected chi connectivity index (χ2v) is 4.99. The van der Waals surface area contributed by atoms with Crippen molar-refractivity contribution in [1.29, 1.82) is 5.26 Å². The first-order valence-corrected chi connectivity index (χ1v) is 6.31. The van der Waals surface area contributed by atoms with Crippen molar-refractivity contribution in [1.82, 2.24) is 0 Å². The fraction of sp³-hybridized carbons (Fsp3) is 0.250. The highest BCUT2D eigenvalue weighted by Gasteiger charge is 2.31. The predicted octanol–water partition coefficient (Wildman–Crippen LogP) is 1.09. The topological polar surface area (TPSA) is 81.4 Å². The molecule has 1 heterocycles. The van der Waals surface area contributed by atoms with Crippen LogP contribution < -0.4 is 4.90 Å². The number of carbonyl (C=O) groups excluding carboxylic acids is 1. The highest BCUT2D eigenvalue weighted by Crippen LogP contribution is 2.25. The van der Waals surface area contributed by atoms with Gasteiger partial charge >= 0.3 is 5.97 Å². The fourth-order valence-electron chi connectivity index (χ4n) is 1.68. The standard InChI is InChI=1S/C12H10N2O3S/c13-5-8-1-3-9(4-2-8)14-6-10(12(16)17)18-7-11(14)15/h1-4,10H,6-7H2,(H,16,17). The molecule has 1 atom stereocenters. The van der Waals surface area contributed by atoms with Crippen LogP contribution in [-0.4, -0.2) is 34.5 Å². The van der Waals surface area contributed by atoms with Gasteiger partial charge in [-0.15, -0.1) is 11.8 Å². The Morgan fingerprint density at radius 2 is 2.11 bits per heavy atom. The third kappa shape index (κ3) is 2.46. The average molecular weight is 262 g/mol. The zero-order valence-electron chi connectivity index (χ0n) is 9.37. The smallest absolute Gasteiger partial charge is 0.318 e. The molecule has 18 heavy (non-hydrogen) atoms. The van der Waals surface area contributed by atoms with Crippen LogP contribution in [-0.2, 0) is 9.59 Å². The van der Waals surface area contributed by atoms with Crippen LogP contribution in [0.5, 0.6) is 0 Å². The van der Waals surface area contributed by atoms with Crippen molar-refractivity contribution >= 4 is 29.3 Å². The average Bonchev–Trinajstić information content (AvgIpc) is 2.39. The molecule has 1 amide bonds. The van der Waals surface area contributed by atoms with Crippen LogP contribution in [0.4, 0.5) is 5.69 Å². The number of hydrogen-bond acceptors (Lipinski definition) is 4. The zero-order chi connectivity index (χ0) is 13.1. The number of nitriles is 1. The number of carbonyl (C=O) groups is 2. The summed E-state index contributed by atoms with van der Waals surface area (Å²) in [5.74, 6) is -0.856. The molecular weight excluding hydrogens is 252 g/mol. The van der Waals surface area contributed by atoms with Crippen LogP contribution >= 0.6 is 11.8 Å². The largest absolute Gasteiger partial charge is 0.480 e. The van der Waals surface area contributed by atoms with Gasteiger partial charge < -0.3 is 10.0 Å². The molecule has 0 saturated carbocycles. The van der Waals surface area contributed by atoms with Crippen molar-refractivity contribution in [2.24, 2.45) is 0 Å². The van der Waals surface area contributed by atoms with E-state index in [1.54, 1.807) is 24.3 Å². The van der Waals surface area contributed by atoms with Gasteiger partial charge in [0.1, 0.15) is 5.25 Å². The van der Waals surface area contributed by atoms with E-state index in [2.05, 4.69) is 0 Å². The Kier molecular flexibility index (Phi) is 3.53. The predicted molar refractivity (Wildman–Crippen MR) is 67.4 cm³/mol. The van der Waals surface area contributed by atoms with Crippen LogP contribution in [0.2, 0.25) is 0 Å². The molecule has 0 spiro atoms. The number of benzene rings is 1. The van der Waals surface area contributed by atoms with Gasteiger partial charge in [0, 0.05) is 12.2 Å². The van der Waals surface area contributed by atoms with Gasteiger partial charge in [-0.1, -0.05) is 0 Å². The van der Waals surface area contributed by atoms with Crippen molar-refractivity contribution in [3.8, 4) is 6.07 Å². The van der Waals surface area contributed by atoms with E-state index in [1.807, 2.05) is 6.07 Å². The number of rotatable bonds is 2. The van der Waals surface area contributed by atoms with Crippen LogP contribution in [0.25, 0.3) is 0 Å². The van der Waals surface area contributed by atoms with E-state index in [-0.39, 0.29) is 18.2 Å². The number of thioether (sulfide) groups is 1. The Morgan fingerprint density at radius 3 is 2.67 bits per heavy atom. The van der Waals surface area contributed by atoms with Crippen LogP contribution in [0.1, 0.15) is 5.56 Å². The van der Waals surface area contributed by atoms with E-state index >= 15 is 0 Å². The lowest BCUT2D eigenvalue weighted by atomic mass is 10.2. The van der Waals surface area contributed by atoms with Gasteiger partial charge in [0.05, 0.1) is 17.4 Å². The summed E-state index contributed by atoms with van der Waals surface area (Å²) in [6.07, 6.45) is 0. The van der Waals surface area contributed by atoms with Crippen LogP contribution in [0.3, 0.4) is 0 Å². The number of carboxylic acid groups (broad SMARTS) is 1. The number of anilines is 1. The fourth-order valence-corrected chi connectivity index (χ4v) is 2.58. The summed E-state index contributed by atoms with van der Waals surface area (Å²) in [5.41, 5.74) is 1.14. The number of hydrogen-bond donors (Lipinski definition) is 1. The van der Waals surface area contributed by atoms with Gasteiger partial charge in [0.15, 0.2) is 0 Å². The molecule has 1 N–H and O–H groups in total. The molecule has 2 rings (SSSR count). The first-order chi connectivity index (χ1) is 8.61. The first kappa shape index (κ1) is 12.5. The Morgan fingerprint density at radius 1 is 1.44 bits per heavy atom. The summed E-state index contributed by atoms with van der Waals surface area (Å²) < 4.78 is 0. The van der Waals surface area contributed by atoms with E-state index in [0.717, 1.165) is 11.8 Å². The molecule has 6 heteroatoms. The summed E-state index contributed by atoms with van der Waals surface area (Å²) in [7, 11) is 0. The molecule has 1 aromatic carbocycles. The molecule has 1 fully saturated rings. The minimum absolute atomic E-state index is 0.109. The minimum atomic E-state index is -0.911. The van der Waals surface area contributed by atoms with Gasteiger partial charge in [-0.3, -0.25) is 9.59 Å². The van der Waals surface area contributed by atoms with Gasteiger partial charge in [-0.25, -0.2) is 0 Å². The molecule has 1 unspecified atom stereocenters. The minimum Gasteiger partial charge on any atom is -0.480 e. The molecule has 0 radical (unpaired) electrons.